The number of nitrogens with two attached hydrogens (primary N) is 1. The van der Waals surface area contributed by atoms with Crippen LogP contribution in [0.25, 0.3) is 0 Å². The van der Waals surface area contributed by atoms with Crippen LogP contribution in [-0.4, -0.2) is 12.5 Å². The van der Waals surface area contributed by atoms with Gasteiger partial charge in [-0.15, -0.1) is 11.3 Å². The fraction of sp³-hybridized carbons (Fsp3) is 0.133. The zero-order chi connectivity index (χ0) is 14.4. The van der Waals surface area contributed by atoms with Crippen molar-refractivity contribution >= 4 is 33.2 Å². The summed E-state index contributed by atoms with van der Waals surface area (Å²) in [4.78, 5) is 11.9. The molecule has 1 heterocycles. The Labute approximate surface area is 130 Å². The van der Waals surface area contributed by atoms with Crippen LogP contribution in [0.3, 0.4) is 0 Å². The summed E-state index contributed by atoms with van der Waals surface area (Å²) in [7, 11) is 0. The van der Waals surface area contributed by atoms with Crippen LogP contribution in [0.5, 0.6) is 0 Å². The SMILES string of the molecule is NCC#Cc1cccc(CNC(=O)c2csc(Br)c2)c1. The van der Waals surface area contributed by atoms with Crippen LogP contribution >= 0.6 is 27.3 Å². The third-order valence-corrected chi connectivity index (χ3v) is 4.05. The van der Waals surface area contributed by atoms with Gasteiger partial charge in [0.15, 0.2) is 0 Å². The average Bonchev–Trinajstić information content (AvgIpc) is 2.90. The van der Waals surface area contributed by atoms with Gasteiger partial charge in [-0.25, -0.2) is 0 Å². The molecule has 3 nitrogen and oxygen atoms in total. The maximum absolute atomic E-state index is 11.9. The van der Waals surface area contributed by atoms with Gasteiger partial charge in [-0.2, -0.15) is 0 Å². The standard InChI is InChI=1S/C15H13BrN2OS/c16-14-8-13(10-20-14)15(19)18-9-12-4-1-3-11(7-12)5-2-6-17/h1,3-4,7-8,10H,6,9,17H2,(H,18,19). The number of rotatable bonds is 3. The van der Waals surface area contributed by atoms with E-state index < -0.39 is 0 Å². The molecule has 0 fully saturated rings. The second-order valence-corrected chi connectivity index (χ2v) is 6.32. The maximum atomic E-state index is 11.9. The quantitative estimate of drug-likeness (QED) is 0.838. The molecule has 1 aromatic carbocycles. The molecule has 2 aromatic rings. The van der Waals surface area contributed by atoms with Crippen molar-refractivity contribution in [1.82, 2.24) is 5.32 Å². The van der Waals surface area contributed by atoms with Crippen molar-refractivity contribution in [2.24, 2.45) is 5.73 Å². The Kier molecular flexibility index (Phi) is 5.36. The van der Waals surface area contributed by atoms with Crippen molar-refractivity contribution in [2.75, 3.05) is 6.54 Å². The number of hydrogen-bond donors (Lipinski definition) is 2. The Hall–Kier alpha value is -1.61. The highest BCUT2D eigenvalue weighted by atomic mass is 79.9. The number of nitrogens with one attached hydrogen (secondary N) is 1. The maximum Gasteiger partial charge on any atom is 0.252 e. The van der Waals surface area contributed by atoms with Crippen molar-refractivity contribution in [3.05, 3.63) is 56.2 Å². The second-order valence-electron chi connectivity index (χ2n) is 4.03. The molecule has 3 N–H and O–H groups in total. The molecule has 0 unspecified atom stereocenters. The smallest absolute Gasteiger partial charge is 0.252 e. The molecule has 20 heavy (non-hydrogen) atoms. The van der Waals surface area contributed by atoms with E-state index in [1.807, 2.05) is 35.7 Å². The molecular formula is C15H13BrN2OS. The monoisotopic (exact) mass is 348 g/mol. The number of amides is 1. The lowest BCUT2D eigenvalue weighted by Crippen LogP contribution is -2.22. The summed E-state index contributed by atoms with van der Waals surface area (Å²) < 4.78 is 0.946. The lowest BCUT2D eigenvalue weighted by molar-refractivity contribution is 0.0951. The molecule has 0 aliphatic heterocycles. The van der Waals surface area contributed by atoms with Crippen molar-refractivity contribution in [3.63, 3.8) is 0 Å². The van der Waals surface area contributed by atoms with Crippen LogP contribution in [0.4, 0.5) is 0 Å². The summed E-state index contributed by atoms with van der Waals surface area (Å²) in [6, 6.07) is 9.56. The Morgan fingerprint density at radius 3 is 2.95 bits per heavy atom. The molecular weight excluding hydrogens is 336 g/mol. The fourth-order valence-electron chi connectivity index (χ4n) is 1.63. The fourth-order valence-corrected chi connectivity index (χ4v) is 2.76. The van der Waals surface area contributed by atoms with Gasteiger partial charge in [0.1, 0.15) is 0 Å². The number of hydrogen-bond acceptors (Lipinski definition) is 3. The Morgan fingerprint density at radius 2 is 2.25 bits per heavy atom. The van der Waals surface area contributed by atoms with Crippen molar-refractivity contribution < 1.29 is 4.79 Å². The molecule has 5 heteroatoms. The topological polar surface area (TPSA) is 55.1 Å². The summed E-state index contributed by atoms with van der Waals surface area (Å²) in [6.07, 6.45) is 0. The molecule has 0 saturated carbocycles. The van der Waals surface area contributed by atoms with Crippen molar-refractivity contribution in [3.8, 4) is 11.8 Å². The summed E-state index contributed by atoms with van der Waals surface area (Å²) in [5.41, 5.74) is 7.93. The van der Waals surface area contributed by atoms with Gasteiger partial charge in [0.2, 0.25) is 0 Å². The van der Waals surface area contributed by atoms with Crippen molar-refractivity contribution in [1.29, 1.82) is 0 Å². The highest BCUT2D eigenvalue weighted by molar-refractivity contribution is 9.11. The van der Waals surface area contributed by atoms with Crippen LogP contribution in [0.2, 0.25) is 0 Å². The van der Waals surface area contributed by atoms with E-state index in [4.69, 9.17) is 5.73 Å². The number of carbonyl (C=O) groups excluding carboxylic acids is 1. The van der Waals surface area contributed by atoms with Gasteiger partial charge in [0, 0.05) is 17.5 Å². The predicted molar refractivity (Wildman–Crippen MR) is 85.6 cm³/mol. The minimum Gasteiger partial charge on any atom is -0.348 e. The van der Waals surface area contributed by atoms with Gasteiger partial charge >= 0.3 is 0 Å². The summed E-state index contributed by atoms with van der Waals surface area (Å²) >= 11 is 4.83. The van der Waals surface area contributed by atoms with Crippen LogP contribution in [0.1, 0.15) is 21.5 Å². The summed E-state index contributed by atoms with van der Waals surface area (Å²) in [6.45, 7) is 0.818. The lowest BCUT2D eigenvalue weighted by atomic mass is 10.1. The molecule has 0 atom stereocenters. The minimum atomic E-state index is -0.0783. The van der Waals surface area contributed by atoms with Crippen LogP contribution in [0.15, 0.2) is 39.5 Å². The predicted octanol–water partition coefficient (Wildman–Crippen LogP) is 2.75. The second kappa shape index (κ2) is 7.25. The highest BCUT2D eigenvalue weighted by Gasteiger charge is 2.07. The van der Waals surface area contributed by atoms with Gasteiger partial charge in [0.05, 0.1) is 15.9 Å². The first-order valence-corrected chi connectivity index (χ1v) is 7.66. The molecule has 0 saturated heterocycles. The zero-order valence-corrected chi connectivity index (χ0v) is 13.1. The van der Waals surface area contributed by atoms with E-state index in [0.29, 0.717) is 18.7 Å². The normalized spacial score (nSPS) is 9.70. The van der Waals surface area contributed by atoms with E-state index in [2.05, 4.69) is 33.1 Å². The van der Waals surface area contributed by atoms with E-state index in [0.717, 1.165) is 14.9 Å². The first-order chi connectivity index (χ1) is 9.69. The van der Waals surface area contributed by atoms with Gasteiger partial charge in [-0.3, -0.25) is 4.79 Å². The number of benzene rings is 1. The van der Waals surface area contributed by atoms with Gasteiger partial charge in [-0.05, 0) is 39.7 Å². The van der Waals surface area contributed by atoms with Gasteiger partial charge in [0.25, 0.3) is 5.91 Å². The van der Waals surface area contributed by atoms with Gasteiger partial charge in [-0.1, -0.05) is 24.0 Å². The zero-order valence-electron chi connectivity index (χ0n) is 10.7. The summed E-state index contributed by atoms with van der Waals surface area (Å²) in [5.74, 6) is 5.71. The number of carbonyl (C=O) groups is 1. The molecule has 1 amide bonds. The van der Waals surface area contributed by atoms with Gasteiger partial charge < -0.3 is 11.1 Å². The number of halogens is 1. The molecule has 102 valence electrons. The number of thiophene rings is 1. The average molecular weight is 349 g/mol. The van der Waals surface area contributed by atoms with Crippen molar-refractivity contribution in [2.45, 2.75) is 6.54 Å². The van der Waals surface area contributed by atoms with E-state index in [-0.39, 0.29) is 5.91 Å². The van der Waals surface area contributed by atoms with Crippen LogP contribution < -0.4 is 11.1 Å². The molecule has 2 rings (SSSR count). The summed E-state index contributed by atoms with van der Waals surface area (Å²) in [5, 5.41) is 4.71. The Morgan fingerprint density at radius 1 is 1.40 bits per heavy atom. The highest BCUT2D eigenvalue weighted by Crippen LogP contribution is 2.20. The largest absolute Gasteiger partial charge is 0.348 e. The van der Waals surface area contributed by atoms with E-state index in [1.165, 1.54) is 11.3 Å². The minimum absolute atomic E-state index is 0.0783. The first-order valence-electron chi connectivity index (χ1n) is 5.99. The molecule has 0 aliphatic rings. The lowest BCUT2D eigenvalue weighted by Gasteiger charge is -2.04. The third kappa shape index (κ3) is 4.20. The first kappa shape index (κ1) is 14.8. The molecule has 0 aliphatic carbocycles. The van der Waals surface area contributed by atoms with E-state index in [1.54, 1.807) is 0 Å². The molecule has 0 spiro atoms. The Balaban J connectivity index is 1.98. The van der Waals surface area contributed by atoms with E-state index in [9.17, 15) is 4.79 Å². The molecule has 1 aromatic heterocycles. The molecule has 0 bridgehead atoms. The third-order valence-electron chi connectivity index (χ3n) is 2.54. The van der Waals surface area contributed by atoms with Crippen LogP contribution in [-0.2, 0) is 6.54 Å². The molecule has 0 radical (unpaired) electrons. The Bertz CT molecular complexity index is 670. The van der Waals surface area contributed by atoms with Crippen LogP contribution in [0, 0.1) is 11.8 Å². The van der Waals surface area contributed by atoms with E-state index >= 15 is 0 Å².